The van der Waals surface area contributed by atoms with Gasteiger partial charge in [0.1, 0.15) is 5.82 Å². The Morgan fingerprint density at radius 2 is 2.20 bits per heavy atom. The van der Waals surface area contributed by atoms with Gasteiger partial charge in [-0.25, -0.2) is 14.5 Å². The third-order valence-electron chi connectivity index (χ3n) is 2.93. The Morgan fingerprint density at radius 1 is 1.30 bits per heavy atom. The van der Waals surface area contributed by atoms with Crippen LogP contribution in [0.2, 0.25) is 5.02 Å². The molecule has 0 fully saturated rings. The SMILES string of the molecule is O=c1[nH]nc(CCn2cccn2)n1-c1cccc(Cl)c1. The highest BCUT2D eigenvalue weighted by Crippen LogP contribution is 2.14. The lowest BCUT2D eigenvalue weighted by Crippen LogP contribution is -2.17. The molecule has 0 saturated carbocycles. The van der Waals surface area contributed by atoms with Crippen LogP contribution < -0.4 is 5.69 Å². The van der Waals surface area contributed by atoms with E-state index in [0.717, 1.165) is 0 Å². The number of aromatic nitrogens is 5. The molecule has 3 aromatic rings. The number of rotatable bonds is 4. The van der Waals surface area contributed by atoms with Crippen molar-refractivity contribution >= 4 is 11.6 Å². The van der Waals surface area contributed by atoms with E-state index in [2.05, 4.69) is 15.3 Å². The van der Waals surface area contributed by atoms with Gasteiger partial charge in [-0.2, -0.15) is 10.2 Å². The second kappa shape index (κ2) is 5.34. The summed E-state index contributed by atoms with van der Waals surface area (Å²) in [6.45, 7) is 0.651. The van der Waals surface area contributed by atoms with Gasteiger partial charge in [0.05, 0.1) is 5.69 Å². The Balaban J connectivity index is 1.91. The molecule has 1 N–H and O–H groups in total. The summed E-state index contributed by atoms with van der Waals surface area (Å²) in [4.78, 5) is 11.9. The number of aromatic amines is 1. The van der Waals surface area contributed by atoms with Gasteiger partial charge in [-0.05, 0) is 24.3 Å². The van der Waals surface area contributed by atoms with Crippen LogP contribution in [0.5, 0.6) is 0 Å². The lowest BCUT2D eigenvalue weighted by Gasteiger charge is -2.06. The smallest absolute Gasteiger partial charge is 0.272 e. The maximum atomic E-state index is 11.9. The number of hydrogen-bond donors (Lipinski definition) is 1. The van der Waals surface area contributed by atoms with Crippen LogP contribution in [0, 0.1) is 0 Å². The molecule has 0 aliphatic rings. The van der Waals surface area contributed by atoms with Crippen LogP contribution in [0.3, 0.4) is 0 Å². The van der Waals surface area contributed by atoms with Crippen LogP contribution in [0.15, 0.2) is 47.5 Å². The molecule has 0 aliphatic carbocycles. The largest absolute Gasteiger partial charge is 0.347 e. The van der Waals surface area contributed by atoms with E-state index < -0.39 is 0 Å². The van der Waals surface area contributed by atoms with Gasteiger partial charge in [-0.1, -0.05) is 17.7 Å². The summed E-state index contributed by atoms with van der Waals surface area (Å²) in [6, 6.07) is 8.97. The minimum Gasteiger partial charge on any atom is -0.272 e. The predicted molar refractivity (Wildman–Crippen MR) is 75.1 cm³/mol. The fourth-order valence-electron chi connectivity index (χ4n) is 2.03. The minimum absolute atomic E-state index is 0.275. The van der Waals surface area contributed by atoms with Crippen molar-refractivity contribution in [2.75, 3.05) is 0 Å². The molecule has 7 heteroatoms. The van der Waals surface area contributed by atoms with Crippen molar-refractivity contribution < 1.29 is 0 Å². The fourth-order valence-corrected chi connectivity index (χ4v) is 2.21. The maximum Gasteiger partial charge on any atom is 0.347 e. The van der Waals surface area contributed by atoms with Crippen LogP contribution in [0.1, 0.15) is 5.82 Å². The van der Waals surface area contributed by atoms with Gasteiger partial charge in [-0.15, -0.1) is 0 Å². The van der Waals surface area contributed by atoms with Gasteiger partial charge >= 0.3 is 5.69 Å². The second-order valence-corrected chi connectivity index (χ2v) is 4.72. The van der Waals surface area contributed by atoms with E-state index in [-0.39, 0.29) is 5.69 Å². The number of H-pyrrole nitrogens is 1. The molecule has 0 amide bonds. The zero-order chi connectivity index (χ0) is 13.9. The van der Waals surface area contributed by atoms with Crippen LogP contribution in [-0.4, -0.2) is 24.5 Å². The van der Waals surface area contributed by atoms with Crippen LogP contribution >= 0.6 is 11.6 Å². The number of aryl methyl sites for hydroxylation is 2. The molecule has 2 aromatic heterocycles. The molecular weight excluding hydrogens is 278 g/mol. The van der Waals surface area contributed by atoms with E-state index in [1.165, 1.54) is 4.57 Å². The quantitative estimate of drug-likeness (QED) is 0.794. The summed E-state index contributed by atoms with van der Waals surface area (Å²) in [7, 11) is 0. The number of halogens is 1. The van der Waals surface area contributed by atoms with E-state index in [1.807, 2.05) is 18.3 Å². The molecule has 0 radical (unpaired) electrons. The Hall–Kier alpha value is -2.34. The average molecular weight is 290 g/mol. The first-order valence-corrected chi connectivity index (χ1v) is 6.51. The summed E-state index contributed by atoms with van der Waals surface area (Å²) in [6.07, 6.45) is 4.18. The summed E-state index contributed by atoms with van der Waals surface area (Å²) in [5.41, 5.74) is 0.425. The zero-order valence-corrected chi connectivity index (χ0v) is 11.3. The van der Waals surface area contributed by atoms with Crippen molar-refractivity contribution in [3.63, 3.8) is 0 Å². The van der Waals surface area contributed by atoms with Crippen molar-refractivity contribution in [1.29, 1.82) is 0 Å². The first-order valence-electron chi connectivity index (χ1n) is 6.14. The molecule has 102 valence electrons. The van der Waals surface area contributed by atoms with Gasteiger partial charge in [0.15, 0.2) is 0 Å². The van der Waals surface area contributed by atoms with E-state index >= 15 is 0 Å². The van der Waals surface area contributed by atoms with Crippen molar-refractivity contribution in [2.24, 2.45) is 0 Å². The van der Waals surface area contributed by atoms with E-state index in [0.29, 0.717) is 29.5 Å². The van der Waals surface area contributed by atoms with Crippen molar-refractivity contribution in [1.82, 2.24) is 24.5 Å². The molecule has 3 rings (SSSR count). The van der Waals surface area contributed by atoms with Crippen molar-refractivity contribution in [3.05, 3.63) is 64.1 Å². The standard InChI is InChI=1S/C13H12ClN5O/c14-10-3-1-4-11(9-10)19-12(16-17-13(19)20)5-8-18-7-2-6-15-18/h1-4,6-7,9H,5,8H2,(H,17,20). The second-order valence-electron chi connectivity index (χ2n) is 4.28. The summed E-state index contributed by atoms with van der Waals surface area (Å²) in [5, 5.41) is 11.2. The van der Waals surface area contributed by atoms with E-state index in [1.54, 1.807) is 29.1 Å². The van der Waals surface area contributed by atoms with Crippen molar-refractivity contribution in [3.8, 4) is 5.69 Å². The van der Waals surface area contributed by atoms with Crippen molar-refractivity contribution in [2.45, 2.75) is 13.0 Å². The van der Waals surface area contributed by atoms with Gasteiger partial charge in [0.2, 0.25) is 0 Å². The van der Waals surface area contributed by atoms with E-state index in [9.17, 15) is 4.79 Å². The number of benzene rings is 1. The van der Waals surface area contributed by atoms with Gasteiger partial charge in [-0.3, -0.25) is 4.68 Å². The molecule has 0 aliphatic heterocycles. The molecule has 20 heavy (non-hydrogen) atoms. The Morgan fingerprint density at radius 3 is 2.95 bits per heavy atom. The Bertz CT molecular complexity index is 759. The molecule has 0 atom stereocenters. The van der Waals surface area contributed by atoms with E-state index in [4.69, 9.17) is 11.6 Å². The number of nitrogens with one attached hydrogen (secondary N) is 1. The molecule has 0 unspecified atom stereocenters. The zero-order valence-electron chi connectivity index (χ0n) is 10.5. The van der Waals surface area contributed by atoms with Crippen LogP contribution in [-0.2, 0) is 13.0 Å². The average Bonchev–Trinajstić information content (AvgIpc) is 3.06. The van der Waals surface area contributed by atoms with Gasteiger partial charge in [0.25, 0.3) is 0 Å². The Labute approximate surface area is 119 Å². The molecule has 0 saturated heterocycles. The molecule has 0 spiro atoms. The first kappa shape index (κ1) is 12.7. The summed E-state index contributed by atoms with van der Waals surface area (Å²) >= 11 is 5.96. The molecular formula is C13H12ClN5O. The molecule has 0 bridgehead atoms. The fraction of sp³-hybridized carbons (Fsp3) is 0.154. The monoisotopic (exact) mass is 289 g/mol. The summed E-state index contributed by atoms with van der Waals surface area (Å²) < 4.78 is 3.32. The minimum atomic E-state index is -0.275. The first-order chi connectivity index (χ1) is 9.74. The molecule has 1 aromatic carbocycles. The third kappa shape index (κ3) is 2.50. The Kier molecular flexibility index (Phi) is 3.39. The normalized spacial score (nSPS) is 10.8. The third-order valence-corrected chi connectivity index (χ3v) is 3.17. The maximum absolute atomic E-state index is 11.9. The summed E-state index contributed by atoms with van der Waals surface area (Å²) in [5.74, 6) is 0.646. The highest BCUT2D eigenvalue weighted by atomic mass is 35.5. The number of hydrogen-bond acceptors (Lipinski definition) is 3. The topological polar surface area (TPSA) is 68.5 Å². The molecule has 6 nitrogen and oxygen atoms in total. The van der Waals surface area contributed by atoms with Gasteiger partial charge < -0.3 is 0 Å². The lowest BCUT2D eigenvalue weighted by atomic mass is 10.3. The highest BCUT2D eigenvalue weighted by Gasteiger charge is 2.10. The van der Waals surface area contributed by atoms with Crippen LogP contribution in [0.25, 0.3) is 5.69 Å². The van der Waals surface area contributed by atoms with Crippen LogP contribution in [0.4, 0.5) is 0 Å². The predicted octanol–water partition coefficient (Wildman–Crippen LogP) is 1.65. The number of nitrogens with zero attached hydrogens (tertiary/aromatic N) is 4. The van der Waals surface area contributed by atoms with Gasteiger partial charge in [0, 0.05) is 30.4 Å². The highest BCUT2D eigenvalue weighted by molar-refractivity contribution is 6.30. The molecule has 2 heterocycles. The lowest BCUT2D eigenvalue weighted by molar-refractivity contribution is 0.594.